The number of ether oxygens (including phenoxy) is 1. The van der Waals surface area contributed by atoms with Crippen LogP contribution >= 0.6 is 11.6 Å². The highest BCUT2D eigenvalue weighted by molar-refractivity contribution is 6.33. The molecule has 0 saturated heterocycles. The molecule has 5 heteroatoms. The zero-order valence-corrected chi connectivity index (χ0v) is 13.7. The summed E-state index contributed by atoms with van der Waals surface area (Å²) in [4.78, 5) is 26.0. The van der Waals surface area contributed by atoms with Gasteiger partial charge in [-0.1, -0.05) is 37.6 Å². The molecule has 116 valence electrons. The summed E-state index contributed by atoms with van der Waals surface area (Å²) >= 11 is 6.10. The Morgan fingerprint density at radius 3 is 2.43 bits per heavy atom. The summed E-state index contributed by atoms with van der Waals surface area (Å²) in [6.45, 7) is 6.02. The first kappa shape index (κ1) is 17.5. The zero-order valence-electron chi connectivity index (χ0n) is 12.9. The van der Waals surface area contributed by atoms with Crippen molar-refractivity contribution < 1.29 is 14.3 Å². The third kappa shape index (κ3) is 4.46. The first-order chi connectivity index (χ1) is 9.92. The van der Waals surface area contributed by atoms with Gasteiger partial charge in [0.2, 0.25) is 0 Å². The number of hydrogen-bond acceptors (Lipinski definition) is 3. The van der Waals surface area contributed by atoms with Crippen LogP contribution in [0.15, 0.2) is 24.3 Å². The van der Waals surface area contributed by atoms with E-state index in [9.17, 15) is 9.59 Å². The maximum Gasteiger partial charge on any atom is 0.310 e. The van der Waals surface area contributed by atoms with Crippen LogP contribution in [0.2, 0.25) is 5.02 Å². The first-order valence-corrected chi connectivity index (χ1v) is 7.43. The standard InChI is InChI=1S/C16H22ClNO3/c1-5-12(3)18(10-11(2)16(20)21-4)15(19)13-8-6-7-9-14(13)17/h6-9,11-12H,5,10H2,1-4H3. The fraction of sp³-hybridized carbons (Fsp3) is 0.500. The molecule has 4 nitrogen and oxygen atoms in total. The summed E-state index contributed by atoms with van der Waals surface area (Å²) in [6.07, 6.45) is 0.796. The molecule has 0 aliphatic heterocycles. The number of carbonyl (C=O) groups excluding carboxylic acids is 2. The molecule has 0 fully saturated rings. The number of halogens is 1. The van der Waals surface area contributed by atoms with E-state index in [0.717, 1.165) is 6.42 Å². The highest BCUT2D eigenvalue weighted by Crippen LogP contribution is 2.20. The maximum atomic E-state index is 12.7. The monoisotopic (exact) mass is 311 g/mol. The molecule has 0 heterocycles. The molecule has 2 atom stereocenters. The molecule has 0 N–H and O–H groups in total. The lowest BCUT2D eigenvalue weighted by molar-refractivity contribution is -0.145. The van der Waals surface area contributed by atoms with Gasteiger partial charge < -0.3 is 9.64 Å². The van der Waals surface area contributed by atoms with Gasteiger partial charge in [-0.15, -0.1) is 0 Å². The van der Waals surface area contributed by atoms with E-state index >= 15 is 0 Å². The van der Waals surface area contributed by atoms with Crippen molar-refractivity contribution in [2.45, 2.75) is 33.2 Å². The van der Waals surface area contributed by atoms with Crippen LogP contribution in [0.3, 0.4) is 0 Å². The second-order valence-corrected chi connectivity index (χ2v) is 5.53. The SMILES string of the molecule is CCC(C)N(CC(C)C(=O)OC)C(=O)c1ccccc1Cl. The Kier molecular flexibility index (Phi) is 6.69. The minimum atomic E-state index is -0.379. The highest BCUT2D eigenvalue weighted by atomic mass is 35.5. The molecular formula is C16H22ClNO3. The van der Waals surface area contributed by atoms with E-state index in [4.69, 9.17) is 16.3 Å². The van der Waals surface area contributed by atoms with Crippen molar-refractivity contribution in [3.8, 4) is 0 Å². The number of carbonyl (C=O) groups is 2. The van der Waals surface area contributed by atoms with Crippen LogP contribution in [0, 0.1) is 5.92 Å². The predicted octanol–water partition coefficient (Wildman–Crippen LogP) is 3.39. The summed E-state index contributed by atoms with van der Waals surface area (Å²) in [5.41, 5.74) is 0.455. The molecule has 21 heavy (non-hydrogen) atoms. The van der Waals surface area contributed by atoms with Crippen LogP contribution in [0.5, 0.6) is 0 Å². The fourth-order valence-electron chi connectivity index (χ4n) is 2.04. The van der Waals surface area contributed by atoms with E-state index in [1.807, 2.05) is 13.8 Å². The number of esters is 1. The Morgan fingerprint density at radius 2 is 1.90 bits per heavy atom. The Hall–Kier alpha value is -1.55. The number of nitrogens with zero attached hydrogens (tertiary/aromatic N) is 1. The topological polar surface area (TPSA) is 46.6 Å². The Bertz CT molecular complexity index is 504. The molecule has 0 aliphatic rings. The van der Waals surface area contributed by atoms with Crippen LogP contribution in [0.1, 0.15) is 37.6 Å². The summed E-state index contributed by atoms with van der Waals surface area (Å²) in [6, 6.07) is 6.96. The summed E-state index contributed by atoms with van der Waals surface area (Å²) in [5, 5.41) is 0.418. The van der Waals surface area contributed by atoms with E-state index in [1.165, 1.54) is 7.11 Å². The van der Waals surface area contributed by atoms with Crippen LogP contribution in [-0.4, -0.2) is 36.5 Å². The number of hydrogen-bond donors (Lipinski definition) is 0. The van der Waals surface area contributed by atoms with E-state index in [1.54, 1.807) is 36.1 Å². The van der Waals surface area contributed by atoms with Gasteiger partial charge in [-0.3, -0.25) is 9.59 Å². The average Bonchev–Trinajstić information content (AvgIpc) is 2.50. The molecule has 1 aromatic carbocycles. The van der Waals surface area contributed by atoms with Gasteiger partial charge in [-0.2, -0.15) is 0 Å². The van der Waals surface area contributed by atoms with Crippen molar-refractivity contribution in [3.63, 3.8) is 0 Å². The van der Waals surface area contributed by atoms with E-state index in [-0.39, 0.29) is 23.8 Å². The van der Waals surface area contributed by atoms with E-state index < -0.39 is 0 Å². The van der Waals surface area contributed by atoms with Gasteiger partial charge >= 0.3 is 5.97 Å². The van der Waals surface area contributed by atoms with Crippen molar-refractivity contribution in [2.24, 2.45) is 5.92 Å². The third-order valence-corrected chi connectivity index (χ3v) is 3.89. The molecule has 0 aromatic heterocycles. The Balaban J connectivity index is 3.00. The smallest absolute Gasteiger partial charge is 0.310 e. The second kappa shape index (κ2) is 8.03. The average molecular weight is 312 g/mol. The zero-order chi connectivity index (χ0) is 16.0. The van der Waals surface area contributed by atoms with Gasteiger partial charge in [0.05, 0.1) is 23.6 Å². The van der Waals surface area contributed by atoms with Crippen molar-refractivity contribution in [2.75, 3.05) is 13.7 Å². The molecule has 1 rings (SSSR count). The highest BCUT2D eigenvalue weighted by Gasteiger charge is 2.26. The molecule has 0 saturated carbocycles. The Morgan fingerprint density at radius 1 is 1.29 bits per heavy atom. The van der Waals surface area contributed by atoms with Crippen molar-refractivity contribution >= 4 is 23.5 Å². The van der Waals surface area contributed by atoms with Gasteiger partial charge in [-0.05, 0) is 25.5 Å². The second-order valence-electron chi connectivity index (χ2n) is 5.12. The summed E-state index contributed by atoms with van der Waals surface area (Å²) in [5.74, 6) is -0.864. The lowest BCUT2D eigenvalue weighted by atomic mass is 10.1. The molecular weight excluding hydrogens is 290 g/mol. The fourth-order valence-corrected chi connectivity index (χ4v) is 2.26. The number of benzene rings is 1. The third-order valence-electron chi connectivity index (χ3n) is 3.56. The van der Waals surface area contributed by atoms with Crippen molar-refractivity contribution in [1.82, 2.24) is 4.90 Å². The van der Waals surface area contributed by atoms with Crippen LogP contribution < -0.4 is 0 Å². The van der Waals surface area contributed by atoms with E-state index in [2.05, 4.69) is 0 Å². The summed E-state index contributed by atoms with van der Waals surface area (Å²) in [7, 11) is 1.35. The van der Waals surface area contributed by atoms with Gasteiger partial charge in [0.15, 0.2) is 0 Å². The molecule has 0 bridgehead atoms. The minimum Gasteiger partial charge on any atom is -0.469 e. The largest absolute Gasteiger partial charge is 0.469 e. The van der Waals surface area contributed by atoms with Gasteiger partial charge in [0.25, 0.3) is 5.91 Å². The normalized spacial score (nSPS) is 13.4. The maximum absolute atomic E-state index is 12.7. The summed E-state index contributed by atoms with van der Waals surface area (Å²) < 4.78 is 4.73. The lowest BCUT2D eigenvalue weighted by Crippen LogP contribution is -2.42. The molecule has 0 radical (unpaired) electrons. The van der Waals surface area contributed by atoms with Gasteiger partial charge in [0, 0.05) is 12.6 Å². The van der Waals surface area contributed by atoms with Crippen LogP contribution in [0.4, 0.5) is 0 Å². The van der Waals surface area contributed by atoms with Gasteiger partial charge in [0.1, 0.15) is 0 Å². The molecule has 0 aliphatic carbocycles. The number of rotatable bonds is 6. The van der Waals surface area contributed by atoms with Crippen LogP contribution in [0.25, 0.3) is 0 Å². The molecule has 1 amide bonds. The number of methoxy groups -OCH3 is 1. The van der Waals surface area contributed by atoms with Crippen molar-refractivity contribution in [3.05, 3.63) is 34.9 Å². The molecule has 0 spiro atoms. The van der Waals surface area contributed by atoms with Gasteiger partial charge in [-0.25, -0.2) is 0 Å². The number of amides is 1. The minimum absolute atomic E-state index is 0.0147. The molecule has 1 aromatic rings. The predicted molar refractivity (Wildman–Crippen MR) is 83.4 cm³/mol. The lowest BCUT2D eigenvalue weighted by Gasteiger charge is -2.30. The molecule has 2 unspecified atom stereocenters. The first-order valence-electron chi connectivity index (χ1n) is 7.05. The quantitative estimate of drug-likeness (QED) is 0.757. The van der Waals surface area contributed by atoms with Crippen LogP contribution in [-0.2, 0) is 9.53 Å². The Labute approximate surface area is 131 Å². The van der Waals surface area contributed by atoms with Crippen molar-refractivity contribution in [1.29, 1.82) is 0 Å². The van der Waals surface area contributed by atoms with E-state index in [0.29, 0.717) is 17.1 Å².